The molecule has 0 radical (unpaired) electrons. The zero-order valence-electron chi connectivity index (χ0n) is 10.2. The van der Waals surface area contributed by atoms with Crippen LogP contribution in [0, 0.1) is 0 Å². The van der Waals surface area contributed by atoms with Crippen LogP contribution in [0.2, 0.25) is 0 Å². The first-order chi connectivity index (χ1) is 8.70. The lowest BCUT2D eigenvalue weighted by atomic mass is 10.2. The Labute approximate surface area is 110 Å². The smallest absolute Gasteiger partial charge is 0.241 e. The van der Waals surface area contributed by atoms with Gasteiger partial charge in [-0.25, -0.2) is 0 Å². The number of anilines is 1. The first-order valence-corrected chi connectivity index (χ1v) is 6.61. The van der Waals surface area contributed by atoms with Crippen LogP contribution in [0.3, 0.4) is 0 Å². The minimum Gasteiger partial charge on any atom is -0.385 e. The number of carbonyl (C=O) groups is 1. The van der Waals surface area contributed by atoms with Crippen molar-refractivity contribution in [2.45, 2.75) is 12.5 Å². The fourth-order valence-electron chi connectivity index (χ4n) is 1.66. The molecule has 4 nitrogen and oxygen atoms in total. The van der Waals surface area contributed by atoms with Crippen LogP contribution in [0.5, 0.6) is 0 Å². The number of hydrogen-bond donors (Lipinski definition) is 2. The van der Waals surface area contributed by atoms with Crippen molar-refractivity contribution in [3.8, 4) is 0 Å². The van der Waals surface area contributed by atoms with Gasteiger partial charge >= 0.3 is 0 Å². The monoisotopic (exact) mass is 264 g/mol. The van der Waals surface area contributed by atoms with Crippen LogP contribution in [0.1, 0.15) is 6.42 Å². The Kier molecular flexibility index (Phi) is 4.30. The second-order valence-electron chi connectivity index (χ2n) is 4.05. The Balaban J connectivity index is 2.01. The van der Waals surface area contributed by atoms with E-state index in [4.69, 9.17) is 10.5 Å². The van der Waals surface area contributed by atoms with E-state index in [-0.39, 0.29) is 5.91 Å². The first kappa shape index (κ1) is 13.0. The average Bonchev–Trinajstić information content (AvgIpc) is 2.83. The van der Waals surface area contributed by atoms with Crippen molar-refractivity contribution in [3.63, 3.8) is 0 Å². The van der Waals surface area contributed by atoms with Gasteiger partial charge in [-0.3, -0.25) is 4.79 Å². The summed E-state index contributed by atoms with van der Waals surface area (Å²) in [5.74, 6) is -0.179. The molecule has 0 aliphatic carbocycles. The van der Waals surface area contributed by atoms with Crippen LogP contribution >= 0.6 is 11.3 Å². The van der Waals surface area contributed by atoms with Crippen LogP contribution in [0.25, 0.3) is 10.1 Å². The Bertz CT molecular complexity index is 539. The summed E-state index contributed by atoms with van der Waals surface area (Å²) in [5.41, 5.74) is 6.53. The van der Waals surface area contributed by atoms with E-state index < -0.39 is 6.04 Å². The Morgan fingerprint density at radius 1 is 1.50 bits per heavy atom. The lowest BCUT2D eigenvalue weighted by Gasteiger charge is -2.11. The second-order valence-corrected chi connectivity index (χ2v) is 5.00. The summed E-state index contributed by atoms with van der Waals surface area (Å²) in [4.78, 5) is 11.8. The van der Waals surface area contributed by atoms with Crippen LogP contribution in [-0.2, 0) is 9.53 Å². The first-order valence-electron chi connectivity index (χ1n) is 5.73. The summed E-state index contributed by atoms with van der Waals surface area (Å²) in [7, 11) is 1.59. The van der Waals surface area contributed by atoms with Crippen molar-refractivity contribution < 1.29 is 9.53 Å². The van der Waals surface area contributed by atoms with Gasteiger partial charge in [-0.15, -0.1) is 11.3 Å². The van der Waals surface area contributed by atoms with Crippen LogP contribution in [0.15, 0.2) is 29.6 Å². The highest BCUT2D eigenvalue weighted by molar-refractivity contribution is 7.17. The quantitative estimate of drug-likeness (QED) is 0.870. The molecule has 0 aliphatic rings. The zero-order chi connectivity index (χ0) is 13.0. The molecule has 5 heteroatoms. The Morgan fingerprint density at radius 2 is 2.33 bits per heavy atom. The topological polar surface area (TPSA) is 64.3 Å². The number of nitrogens with one attached hydrogen (secondary N) is 1. The molecule has 3 N–H and O–H groups in total. The van der Waals surface area contributed by atoms with Gasteiger partial charge in [0, 0.05) is 24.1 Å². The summed E-state index contributed by atoms with van der Waals surface area (Å²) in [6.07, 6.45) is 0.517. The maximum atomic E-state index is 11.8. The highest BCUT2D eigenvalue weighted by atomic mass is 32.1. The molecule has 1 amide bonds. The van der Waals surface area contributed by atoms with Gasteiger partial charge in [0.15, 0.2) is 0 Å². The number of amides is 1. The average molecular weight is 264 g/mol. The molecule has 1 atom stereocenters. The molecule has 1 unspecified atom stereocenters. The summed E-state index contributed by atoms with van der Waals surface area (Å²) in [6.45, 7) is 0.484. The third kappa shape index (κ3) is 3.07. The Morgan fingerprint density at radius 3 is 3.11 bits per heavy atom. The van der Waals surface area contributed by atoms with Crippen molar-refractivity contribution in [2.24, 2.45) is 5.73 Å². The van der Waals surface area contributed by atoms with E-state index >= 15 is 0 Å². The maximum absolute atomic E-state index is 11.8. The van der Waals surface area contributed by atoms with Gasteiger partial charge < -0.3 is 15.8 Å². The molecular weight excluding hydrogens is 248 g/mol. The molecule has 0 saturated heterocycles. The third-order valence-electron chi connectivity index (χ3n) is 2.69. The largest absolute Gasteiger partial charge is 0.385 e. The van der Waals surface area contributed by atoms with Gasteiger partial charge in [0.05, 0.1) is 6.04 Å². The molecular formula is C13H16N2O2S. The van der Waals surface area contributed by atoms with E-state index in [9.17, 15) is 4.79 Å². The number of fused-ring (bicyclic) bond motifs is 1. The fourth-order valence-corrected chi connectivity index (χ4v) is 2.43. The maximum Gasteiger partial charge on any atom is 0.241 e. The molecule has 0 fully saturated rings. The molecule has 0 spiro atoms. The van der Waals surface area contributed by atoms with Gasteiger partial charge in [0.25, 0.3) is 0 Å². The lowest BCUT2D eigenvalue weighted by Crippen LogP contribution is -2.36. The highest BCUT2D eigenvalue weighted by Crippen LogP contribution is 2.23. The number of nitrogens with two attached hydrogens (primary N) is 1. The molecule has 2 aromatic rings. The second kappa shape index (κ2) is 5.95. The zero-order valence-corrected chi connectivity index (χ0v) is 11.0. The van der Waals surface area contributed by atoms with E-state index in [1.165, 1.54) is 4.70 Å². The van der Waals surface area contributed by atoms with Crippen molar-refractivity contribution >= 4 is 33.0 Å². The normalized spacial score (nSPS) is 12.6. The molecule has 0 aliphatic heterocycles. The number of methoxy groups -OCH3 is 1. The van der Waals surface area contributed by atoms with Crippen LogP contribution in [-0.4, -0.2) is 25.7 Å². The minimum absolute atomic E-state index is 0.179. The number of hydrogen-bond acceptors (Lipinski definition) is 4. The number of ether oxygens (including phenoxy) is 1. The van der Waals surface area contributed by atoms with Gasteiger partial charge in [-0.05, 0) is 41.5 Å². The number of benzene rings is 1. The fraction of sp³-hybridized carbons (Fsp3) is 0.308. The summed E-state index contributed by atoms with van der Waals surface area (Å²) in [6, 6.07) is 7.33. The number of carbonyl (C=O) groups excluding carboxylic acids is 1. The molecule has 1 aromatic carbocycles. The standard InChI is InChI=1S/C13H16N2O2S/c1-17-6-4-11(14)13(16)15-10-2-3-12-9(8-10)5-7-18-12/h2-3,5,7-8,11H,4,6,14H2,1H3,(H,15,16). The molecule has 0 bridgehead atoms. The Hall–Kier alpha value is -1.43. The summed E-state index contributed by atoms with van der Waals surface area (Å²) >= 11 is 1.68. The van der Waals surface area contributed by atoms with E-state index in [0.29, 0.717) is 13.0 Å². The van der Waals surface area contributed by atoms with Gasteiger partial charge in [0.1, 0.15) is 0 Å². The van der Waals surface area contributed by atoms with Gasteiger partial charge in [0.2, 0.25) is 5.91 Å². The van der Waals surface area contributed by atoms with E-state index in [1.807, 2.05) is 29.6 Å². The molecule has 1 heterocycles. The molecule has 96 valence electrons. The molecule has 0 saturated carbocycles. The number of thiophene rings is 1. The van der Waals surface area contributed by atoms with Crippen LogP contribution in [0.4, 0.5) is 5.69 Å². The highest BCUT2D eigenvalue weighted by Gasteiger charge is 2.13. The van der Waals surface area contributed by atoms with Crippen molar-refractivity contribution in [1.29, 1.82) is 0 Å². The van der Waals surface area contributed by atoms with Crippen LogP contribution < -0.4 is 11.1 Å². The van der Waals surface area contributed by atoms with Crippen molar-refractivity contribution in [3.05, 3.63) is 29.6 Å². The van der Waals surface area contributed by atoms with E-state index in [2.05, 4.69) is 5.32 Å². The van der Waals surface area contributed by atoms with Crippen molar-refractivity contribution in [1.82, 2.24) is 0 Å². The third-order valence-corrected chi connectivity index (χ3v) is 3.59. The van der Waals surface area contributed by atoms with Gasteiger partial charge in [-0.2, -0.15) is 0 Å². The predicted molar refractivity (Wildman–Crippen MR) is 74.9 cm³/mol. The molecule has 2 rings (SSSR count). The SMILES string of the molecule is COCCC(N)C(=O)Nc1ccc2sccc2c1. The number of rotatable bonds is 5. The summed E-state index contributed by atoms with van der Waals surface area (Å²) in [5, 5.41) is 5.97. The molecule has 1 aromatic heterocycles. The van der Waals surface area contributed by atoms with E-state index in [0.717, 1.165) is 11.1 Å². The predicted octanol–water partition coefficient (Wildman–Crippen LogP) is 2.20. The minimum atomic E-state index is -0.539. The van der Waals surface area contributed by atoms with Gasteiger partial charge in [-0.1, -0.05) is 0 Å². The van der Waals surface area contributed by atoms with E-state index in [1.54, 1.807) is 18.4 Å². The molecule has 18 heavy (non-hydrogen) atoms. The summed E-state index contributed by atoms with van der Waals surface area (Å²) < 4.78 is 6.11. The van der Waals surface area contributed by atoms with Crippen molar-refractivity contribution in [2.75, 3.05) is 19.0 Å². The lowest BCUT2D eigenvalue weighted by molar-refractivity contribution is -0.117.